The molecule has 1 rings (SSSR count). The van der Waals surface area contributed by atoms with E-state index in [4.69, 9.17) is 4.74 Å². The average Bonchev–Trinajstić information content (AvgIpc) is 2.57. The molecule has 24 heavy (non-hydrogen) atoms. The minimum atomic E-state index is -0.774. The molecule has 0 aromatic rings. The lowest BCUT2D eigenvalue weighted by atomic mass is 9.90. The molecule has 2 amide bonds. The molecule has 0 aliphatic heterocycles. The Morgan fingerprint density at radius 1 is 1.17 bits per heavy atom. The Morgan fingerprint density at radius 3 is 2.42 bits per heavy atom. The number of hydrogen-bond acceptors (Lipinski definition) is 5. The molecule has 1 unspecified atom stereocenters. The summed E-state index contributed by atoms with van der Waals surface area (Å²) in [6.45, 7) is 3.91. The Morgan fingerprint density at radius 2 is 1.83 bits per heavy atom. The molecule has 0 aromatic heterocycles. The molecule has 1 aliphatic carbocycles. The van der Waals surface area contributed by atoms with Gasteiger partial charge in [0.15, 0.2) is 0 Å². The first-order chi connectivity index (χ1) is 11.4. The van der Waals surface area contributed by atoms with Gasteiger partial charge in [0.1, 0.15) is 6.04 Å². The van der Waals surface area contributed by atoms with E-state index < -0.39 is 18.1 Å². The highest BCUT2D eigenvalue weighted by molar-refractivity contribution is 5.87. The fourth-order valence-electron chi connectivity index (χ4n) is 2.85. The summed E-state index contributed by atoms with van der Waals surface area (Å²) >= 11 is 0. The highest BCUT2D eigenvalue weighted by Crippen LogP contribution is 2.24. The maximum atomic E-state index is 12.3. The van der Waals surface area contributed by atoms with Gasteiger partial charge in [-0.25, -0.2) is 0 Å². The summed E-state index contributed by atoms with van der Waals surface area (Å²) in [6, 6.07) is -0.774. The maximum absolute atomic E-state index is 12.3. The number of amides is 2. The topological polar surface area (TPSA) is 93.7 Å². The molecular formula is C17H30N2O5. The normalized spacial score (nSPS) is 17.6. The Balaban J connectivity index is 2.47. The molecule has 138 valence electrons. The van der Waals surface area contributed by atoms with Gasteiger partial charge >= 0.3 is 5.97 Å². The highest BCUT2D eigenvalue weighted by Gasteiger charge is 2.27. The van der Waals surface area contributed by atoms with Crippen LogP contribution in [0.2, 0.25) is 0 Å². The third-order valence-corrected chi connectivity index (χ3v) is 4.29. The predicted octanol–water partition coefficient (Wildman–Crippen LogP) is 1.16. The van der Waals surface area contributed by atoms with Crippen molar-refractivity contribution in [3.05, 3.63) is 0 Å². The van der Waals surface area contributed by atoms with E-state index in [9.17, 15) is 14.4 Å². The summed E-state index contributed by atoms with van der Waals surface area (Å²) in [5, 5.41) is 5.26. The molecule has 2 N–H and O–H groups in total. The number of ether oxygens (including phenoxy) is 2. The molecule has 7 nitrogen and oxygen atoms in total. The molecule has 0 heterocycles. The second-order valence-electron chi connectivity index (χ2n) is 6.34. The van der Waals surface area contributed by atoms with Crippen molar-refractivity contribution in [2.24, 2.45) is 5.92 Å². The SMILES string of the molecule is COC(=O)CCNC(=O)C(NC(C)=O)[C@@H](C)OCC1CCCCC1. The van der Waals surface area contributed by atoms with Crippen molar-refractivity contribution < 1.29 is 23.9 Å². The molecule has 0 saturated heterocycles. The zero-order chi connectivity index (χ0) is 17.9. The summed E-state index contributed by atoms with van der Waals surface area (Å²) in [6.07, 6.45) is 5.70. The second-order valence-corrected chi connectivity index (χ2v) is 6.34. The second kappa shape index (κ2) is 11.0. The summed E-state index contributed by atoms with van der Waals surface area (Å²) < 4.78 is 10.4. The van der Waals surface area contributed by atoms with E-state index in [1.165, 1.54) is 33.3 Å². The fraction of sp³-hybridized carbons (Fsp3) is 0.824. The molecule has 0 aromatic carbocycles. The molecule has 0 bridgehead atoms. The van der Waals surface area contributed by atoms with Crippen LogP contribution in [0.1, 0.15) is 52.4 Å². The van der Waals surface area contributed by atoms with Crippen molar-refractivity contribution in [2.45, 2.75) is 64.5 Å². The number of rotatable bonds is 9. The van der Waals surface area contributed by atoms with Crippen LogP contribution in [-0.4, -0.2) is 50.2 Å². The van der Waals surface area contributed by atoms with Gasteiger partial charge in [0, 0.05) is 20.1 Å². The van der Waals surface area contributed by atoms with Crippen molar-refractivity contribution in [3.8, 4) is 0 Å². The first kappa shape index (κ1) is 20.4. The van der Waals surface area contributed by atoms with E-state index in [2.05, 4.69) is 15.4 Å². The van der Waals surface area contributed by atoms with Gasteiger partial charge in [-0.3, -0.25) is 14.4 Å². The largest absolute Gasteiger partial charge is 0.469 e. The minimum Gasteiger partial charge on any atom is -0.469 e. The van der Waals surface area contributed by atoms with Crippen LogP contribution in [0.4, 0.5) is 0 Å². The van der Waals surface area contributed by atoms with Gasteiger partial charge in [-0.05, 0) is 25.7 Å². The Hall–Kier alpha value is -1.63. The number of esters is 1. The summed E-state index contributed by atoms with van der Waals surface area (Å²) in [5.41, 5.74) is 0. The van der Waals surface area contributed by atoms with Crippen molar-refractivity contribution in [2.75, 3.05) is 20.3 Å². The minimum absolute atomic E-state index is 0.0896. The Bertz CT molecular complexity index is 421. The molecular weight excluding hydrogens is 312 g/mol. The quantitative estimate of drug-likeness (QED) is 0.613. The van der Waals surface area contributed by atoms with Gasteiger partial charge in [0.05, 0.1) is 19.6 Å². The van der Waals surface area contributed by atoms with Gasteiger partial charge in [-0.1, -0.05) is 19.3 Å². The predicted molar refractivity (Wildman–Crippen MR) is 89.2 cm³/mol. The zero-order valence-corrected chi connectivity index (χ0v) is 14.9. The lowest BCUT2D eigenvalue weighted by Crippen LogP contribution is -2.53. The van der Waals surface area contributed by atoms with E-state index in [0.29, 0.717) is 12.5 Å². The van der Waals surface area contributed by atoms with Crippen LogP contribution in [0, 0.1) is 5.92 Å². The van der Waals surface area contributed by atoms with Gasteiger partial charge < -0.3 is 20.1 Å². The van der Waals surface area contributed by atoms with Crippen molar-refractivity contribution >= 4 is 17.8 Å². The number of methoxy groups -OCH3 is 1. The standard InChI is InChI=1S/C17H30N2O5/c1-12(24-11-14-7-5-4-6-8-14)16(19-13(2)20)17(22)18-10-9-15(21)23-3/h12,14,16H,4-11H2,1-3H3,(H,18,22)(H,19,20)/t12-,16?/m1/s1. The first-order valence-corrected chi connectivity index (χ1v) is 8.67. The van der Waals surface area contributed by atoms with Crippen molar-refractivity contribution in [3.63, 3.8) is 0 Å². The first-order valence-electron chi connectivity index (χ1n) is 8.67. The smallest absolute Gasteiger partial charge is 0.307 e. The summed E-state index contributed by atoms with van der Waals surface area (Å²) in [4.78, 5) is 34.7. The molecule has 7 heteroatoms. The lowest BCUT2D eigenvalue weighted by molar-refractivity contribution is -0.140. The van der Waals surface area contributed by atoms with Gasteiger partial charge in [-0.2, -0.15) is 0 Å². The number of carbonyl (C=O) groups is 3. The Labute approximate surface area is 143 Å². The highest BCUT2D eigenvalue weighted by atomic mass is 16.5. The van der Waals surface area contributed by atoms with E-state index in [-0.39, 0.29) is 24.8 Å². The summed E-state index contributed by atoms with van der Waals surface area (Å²) in [7, 11) is 1.30. The van der Waals surface area contributed by atoms with Gasteiger partial charge in [0.25, 0.3) is 0 Å². The maximum Gasteiger partial charge on any atom is 0.307 e. The van der Waals surface area contributed by atoms with Gasteiger partial charge in [0.2, 0.25) is 11.8 Å². The molecule has 2 atom stereocenters. The van der Waals surface area contributed by atoms with Crippen LogP contribution in [0.5, 0.6) is 0 Å². The Kier molecular flexibility index (Phi) is 9.37. The molecule has 0 spiro atoms. The molecule has 1 saturated carbocycles. The number of carbonyl (C=O) groups excluding carboxylic acids is 3. The third-order valence-electron chi connectivity index (χ3n) is 4.29. The molecule has 1 aliphatic rings. The number of hydrogen-bond donors (Lipinski definition) is 2. The summed E-state index contributed by atoms with van der Waals surface area (Å²) in [5.74, 6) is -0.518. The van der Waals surface area contributed by atoms with Crippen LogP contribution in [0.25, 0.3) is 0 Å². The molecule has 0 radical (unpaired) electrons. The van der Waals surface area contributed by atoms with E-state index in [1.54, 1.807) is 6.92 Å². The van der Waals surface area contributed by atoms with Crippen LogP contribution >= 0.6 is 0 Å². The third kappa shape index (κ3) is 7.77. The van der Waals surface area contributed by atoms with Crippen LogP contribution in [0.3, 0.4) is 0 Å². The van der Waals surface area contributed by atoms with Crippen LogP contribution in [-0.2, 0) is 23.9 Å². The number of nitrogens with one attached hydrogen (secondary N) is 2. The molecule has 1 fully saturated rings. The average molecular weight is 342 g/mol. The van der Waals surface area contributed by atoms with E-state index in [1.807, 2.05) is 0 Å². The lowest BCUT2D eigenvalue weighted by Gasteiger charge is -2.27. The van der Waals surface area contributed by atoms with Crippen molar-refractivity contribution in [1.82, 2.24) is 10.6 Å². The van der Waals surface area contributed by atoms with Crippen LogP contribution < -0.4 is 10.6 Å². The monoisotopic (exact) mass is 342 g/mol. The van der Waals surface area contributed by atoms with E-state index in [0.717, 1.165) is 12.8 Å². The van der Waals surface area contributed by atoms with Gasteiger partial charge in [-0.15, -0.1) is 0 Å². The van der Waals surface area contributed by atoms with Crippen molar-refractivity contribution in [1.29, 1.82) is 0 Å². The fourth-order valence-corrected chi connectivity index (χ4v) is 2.85. The van der Waals surface area contributed by atoms with E-state index >= 15 is 0 Å². The van der Waals surface area contributed by atoms with Crippen LogP contribution in [0.15, 0.2) is 0 Å². The zero-order valence-electron chi connectivity index (χ0n) is 14.9.